The SMILES string of the molecule is C/C=C/CCNCCCOCC. The summed E-state index contributed by atoms with van der Waals surface area (Å²) in [7, 11) is 0. The summed E-state index contributed by atoms with van der Waals surface area (Å²) in [6.07, 6.45) is 6.51. The number of hydrogen-bond donors (Lipinski definition) is 1. The third-order valence-corrected chi connectivity index (χ3v) is 1.57. The second-order valence-corrected chi connectivity index (χ2v) is 2.66. The molecule has 0 aromatic heterocycles. The lowest BCUT2D eigenvalue weighted by Crippen LogP contribution is -2.17. The highest BCUT2D eigenvalue weighted by Gasteiger charge is 1.86. The van der Waals surface area contributed by atoms with Crippen LogP contribution in [0.5, 0.6) is 0 Å². The zero-order valence-electron chi connectivity index (χ0n) is 8.31. The Morgan fingerprint density at radius 1 is 1.33 bits per heavy atom. The summed E-state index contributed by atoms with van der Waals surface area (Å²) in [5, 5.41) is 3.35. The van der Waals surface area contributed by atoms with Gasteiger partial charge in [0.25, 0.3) is 0 Å². The fourth-order valence-corrected chi connectivity index (χ4v) is 0.921. The molecule has 0 rings (SSSR count). The molecule has 2 heteroatoms. The Labute approximate surface area is 76.0 Å². The van der Waals surface area contributed by atoms with Gasteiger partial charge in [-0.05, 0) is 39.8 Å². The third kappa shape index (κ3) is 9.66. The van der Waals surface area contributed by atoms with Gasteiger partial charge in [0.2, 0.25) is 0 Å². The molecule has 0 spiro atoms. The van der Waals surface area contributed by atoms with Crippen LogP contribution < -0.4 is 5.32 Å². The minimum absolute atomic E-state index is 0.832. The molecule has 0 aromatic carbocycles. The summed E-state index contributed by atoms with van der Waals surface area (Å²) in [6, 6.07) is 0. The van der Waals surface area contributed by atoms with Crippen LogP contribution in [0, 0.1) is 0 Å². The molecule has 0 aliphatic carbocycles. The predicted octanol–water partition coefficient (Wildman–Crippen LogP) is 1.97. The summed E-state index contributed by atoms with van der Waals surface area (Å²) >= 11 is 0. The van der Waals surface area contributed by atoms with Crippen LogP contribution in [0.15, 0.2) is 12.2 Å². The van der Waals surface area contributed by atoms with Crippen molar-refractivity contribution >= 4 is 0 Å². The van der Waals surface area contributed by atoms with Gasteiger partial charge in [-0.2, -0.15) is 0 Å². The lowest BCUT2D eigenvalue weighted by molar-refractivity contribution is 0.145. The first-order valence-electron chi connectivity index (χ1n) is 4.81. The van der Waals surface area contributed by atoms with Crippen molar-refractivity contribution in [2.75, 3.05) is 26.3 Å². The summed E-state index contributed by atoms with van der Waals surface area (Å²) < 4.78 is 5.21. The normalized spacial score (nSPS) is 11.2. The molecule has 72 valence electrons. The van der Waals surface area contributed by atoms with Crippen LogP contribution in [0.4, 0.5) is 0 Å². The highest BCUT2D eigenvalue weighted by atomic mass is 16.5. The fraction of sp³-hybridized carbons (Fsp3) is 0.800. The van der Waals surface area contributed by atoms with Gasteiger partial charge in [0.05, 0.1) is 0 Å². The summed E-state index contributed by atoms with van der Waals surface area (Å²) in [5.41, 5.74) is 0. The largest absolute Gasteiger partial charge is 0.382 e. The van der Waals surface area contributed by atoms with Crippen molar-refractivity contribution in [1.29, 1.82) is 0 Å². The highest BCUT2D eigenvalue weighted by Crippen LogP contribution is 1.82. The van der Waals surface area contributed by atoms with Gasteiger partial charge < -0.3 is 10.1 Å². The monoisotopic (exact) mass is 171 g/mol. The predicted molar refractivity (Wildman–Crippen MR) is 53.4 cm³/mol. The Balaban J connectivity index is 2.81. The van der Waals surface area contributed by atoms with Crippen molar-refractivity contribution in [3.05, 3.63) is 12.2 Å². The zero-order chi connectivity index (χ0) is 9.07. The Morgan fingerprint density at radius 2 is 2.17 bits per heavy atom. The van der Waals surface area contributed by atoms with E-state index in [1.807, 2.05) is 6.92 Å². The molecule has 0 radical (unpaired) electrons. The minimum Gasteiger partial charge on any atom is -0.382 e. The van der Waals surface area contributed by atoms with Gasteiger partial charge in [0.1, 0.15) is 0 Å². The molecule has 12 heavy (non-hydrogen) atoms. The second kappa shape index (κ2) is 10.7. The van der Waals surface area contributed by atoms with Crippen molar-refractivity contribution in [2.24, 2.45) is 0 Å². The van der Waals surface area contributed by atoms with Gasteiger partial charge >= 0.3 is 0 Å². The topological polar surface area (TPSA) is 21.3 Å². The first kappa shape index (κ1) is 11.7. The second-order valence-electron chi connectivity index (χ2n) is 2.66. The van der Waals surface area contributed by atoms with Crippen LogP contribution in [0.1, 0.15) is 26.7 Å². The first-order valence-corrected chi connectivity index (χ1v) is 4.81. The third-order valence-electron chi connectivity index (χ3n) is 1.57. The minimum atomic E-state index is 0.832. The molecule has 0 fully saturated rings. The molecule has 1 N–H and O–H groups in total. The molecule has 0 saturated heterocycles. The van der Waals surface area contributed by atoms with Crippen molar-refractivity contribution in [2.45, 2.75) is 26.7 Å². The van der Waals surface area contributed by atoms with Gasteiger partial charge in [-0.15, -0.1) is 0 Å². The standard InChI is InChI=1S/C10H21NO/c1-3-5-6-8-11-9-7-10-12-4-2/h3,5,11H,4,6-10H2,1-2H3/b5-3+. The van der Waals surface area contributed by atoms with Crippen molar-refractivity contribution in [3.8, 4) is 0 Å². The van der Waals surface area contributed by atoms with Gasteiger partial charge in [0.15, 0.2) is 0 Å². The maximum Gasteiger partial charge on any atom is 0.0477 e. The summed E-state index contributed by atoms with van der Waals surface area (Å²) in [4.78, 5) is 0. The van der Waals surface area contributed by atoms with E-state index in [4.69, 9.17) is 4.74 Å². The molecule has 0 saturated carbocycles. The number of rotatable bonds is 8. The van der Waals surface area contributed by atoms with Gasteiger partial charge in [-0.1, -0.05) is 12.2 Å². The molecule has 0 bridgehead atoms. The molecule has 0 aliphatic rings. The van der Waals surface area contributed by atoms with E-state index < -0.39 is 0 Å². The molecular weight excluding hydrogens is 150 g/mol. The molecule has 0 aliphatic heterocycles. The molecular formula is C10H21NO. The van der Waals surface area contributed by atoms with E-state index in [0.29, 0.717) is 0 Å². The number of allylic oxidation sites excluding steroid dienone is 1. The maximum atomic E-state index is 5.21. The van der Waals surface area contributed by atoms with E-state index >= 15 is 0 Å². The van der Waals surface area contributed by atoms with Crippen LogP contribution in [0.3, 0.4) is 0 Å². The van der Waals surface area contributed by atoms with E-state index in [1.165, 1.54) is 0 Å². The van der Waals surface area contributed by atoms with Gasteiger partial charge in [-0.3, -0.25) is 0 Å². The molecule has 0 amide bonds. The molecule has 0 heterocycles. The number of ether oxygens (including phenoxy) is 1. The number of hydrogen-bond acceptors (Lipinski definition) is 2. The van der Waals surface area contributed by atoms with E-state index in [9.17, 15) is 0 Å². The lowest BCUT2D eigenvalue weighted by atomic mass is 10.3. The Morgan fingerprint density at radius 3 is 2.83 bits per heavy atom. The molecule has 0 unspecified atom stereocenters. The van der Waals surface area contributed by atoms with Crippen LogP contribution in [0.2, 0.25) is 0 Å². The first-order chi connectivity index (χ1) is 5.91. The lowest BCUT2D eigenvalue weighted by Gasteiger charge is -2.02. The van der Waals surface area contributed by atoms with Crippen LogP contribution in [0.25, 0.3) is 0 Å². The Hall–Kier alpha value is -0.340. The van der Waals surface area contributed by atoms with E-state index in [-0.39, 0.29) is 0 Å². The average Bonchev–Trinajstić information content (AvgIpc) is 2.10. The highest BCUT2D eigenvalue weighted by molar-refractivity contribution is 4.77. The zero-order valence-corrected chi connectivity index (χ0v) is 8.31. The Kier molecular flexibility index (Phi) is 10.4. The van der Waals surface area contributed by atoms with Gasteiger partial charge in [0, 0.05) is 13.2 Å². The molecule has 0 aromatic rings. The quantitative estimate of drug-likeness (QED) is 0.445. The summed E-state index contributed by atoms with van der Waals surface area (Å²) in [6.45, 7) is 7.94. The van der Waals surface area contributed by atoms with E-state index in [1.54, 1.807) is 0 Å². The van der Waals surface area contributed by atoms with Crippen molar-refractivity contribution < 1.29 is 4.74 Å². The van der Waals surface area contributed by atoms with Crippen LogP contribution in [-0.2, 0) is 4.74 Å². The summed E-state index contributed by atoms with van der Waals surface area (Å²) in [5.74, 6) is 0. The van der Waals surface area contributed by atoms with Crippen molar-refractivity contribution in [3.63, 3.8) is 0 Å². The number of nitrogens with one attached hydrogen (secondary N) is 1. The Bertz CT molecular complexity index is 102. The van der Waals surface area contributed by atoms with Gasteiger partial charge in [-0.25, -0.2) is 0 Å². The van der Waals surface area contributed by atoms with Crippen molar-refractivity contribution in [1.82, 2.24) is 5.32 Å². The maximum absolute atomic E-state index is 5.21. The smallest absolute Gasteiger partial charge is 0.0477 e. The van der Waals surface area contributed by atoms with E-state index in [2.05, 4.69) is 24.4 Å². The average molecular weight is 171 g/mol. The van der Waals surface area contributed by atoms with Crippen LogP contribution in [-0.4, -0.2) is 26.3 Å². The van der Waals surface area contributed by atoms with E-state index in [0.717, 1.165) is 39.1 Å². The molecule has 0 atom stereocenters. The van der Waals surface area contributed by atoms with Crippen LogP contribution >= 0.6 is 0 Å². The molecule has 2 nitrogen and oxygen atoms in total. The fourth-order valence-electron chi connectivity index (χ4n) is 0.921.